The predicted molar refractivity (Wildman–Crippen MR) is 90.8 cm³/mol. The molecule has 0 aliphatic rings. The van der Waals surface area contributed by atoms with Crippen molar-refractivity contribution in [1.29, 1.82) is 0 Å². The fourth-order valence-electron chi connectivity index (χ4n) is 1.61. The van der Waals surface area contributed by atoms with Gasteiger partial charge in [-0.15, -0.1) is 0 Å². The van der Waals surface area contributed by atoms with Gasteiger partial charge in [0.2, 0.25) is 5.91 Å². The van der Waals surface area contributed by atoms with Crippen molar-refractivity contribution in [3.8, 4) is 0 Å². The van der Waals surface area contributed by atoms with E-state index in [1.807, 2.05) is 19.0 Å². The summed E-state index contributed by atoms with van der Waals surface area (Å²) in [4.78, 5) is 24.9. The van der Waals surface area contributed by atoms with Crippen LogP contribution in [0.25, 0.3) is 0 Å². The second-order valence-corrected chi connectivity index (χ2v) is 5.45. The molecule has 0 aromatic heterocycles. The molecule has 0 spiro atoms. The van der Waals surface area contributed by atoms with E-state index in [4.69, 9.17) is 5.11 Å². The number of halogens is 1. The maximum absolute atomic E-state index is 11.8. The number of carboxylic acid groups (broad SMARTS) is 1. The molecule has 6 heteroatoms. The van der Waals surface area contributed by atoms with Gasteiger partial charge in [-0.1, -0.05) is 28.6 Å². The zero-order valence-electron chi connectivity index (χ0n) is 12.3. The lowest BCUT2D eigenvalue weighted by Gasteiger charge is -2.11. The first-order chi connectivity index (χ1) is 10.3. The fraction of sp³-hybridized carbons (Fsp3) is 0.125. The van der Waals surface area contributed by atoms with Crippen molar-refractivity contribution in [2.75, 3.05) is 19.4 Å². The third-order valence-corrected chi connectivity index (χ3v) is 3.20. The number of anilines is 1. The minimum atomic E-state index is -1.11. The van der Waals surface area contributed by atoms with E-state index in [0.29, 0.717) is 4.47 Å². The molecule has 0 unspecified atom stereocenters. The number of aromatic carboxylic acids is 1. The summed E-state index contributed by atoms with van der Waals surface area (Å²) in [6.07, 6.45) is 6.29. The van der Waals surface area contributed by atoms with E-state index in [1.54, 1.807) is 24.3 Å². The molecular weight excluding hydrogens is 348 g/mol. The molecule has 0 aliphatic carbocycles. The first kappa shape index (κ1) is 17.7. The van der Waals surface area contributed by atoms with Gasteiger partial charge in [-0.2, -0.15) is 0 Å². The molecule has 22 heavy (non-hydrogen) atoms. The van der Waals surface area contributed by atoms with Crippen LogP contribution in [-0.4, -0.2) is 36.0 Å². The summed E-state index contributed by atoms with van der Waals surface area (Å²) in [6, 6.07) is 4.63. The van der Waals surface area contributed by atoms with Crippen molar-refractivity contribution >= 4 is 33.5 Å². The Balaban J connectivity index is 2.86. The highest BCUT2D eigenvalue weighted by atomic mass is 79.9. The number of nitrogens with zero attached hydrogens (tertiary/aromatic N) is 1. The lowest BCUT2D eigenvalue weighted by molar-refractivity contribution is -0.111. The molecule has 0 atom stereocenters. The van der Waals surface area contributed by atoms with E-state index in [-0.39, 0.29) is 11.3 Å². The average Bonchev–Trinajstić information content (AvgIpc) is 2.44. The van der Waals surface area contributed by atoms with Gasteiger partial charge >= 0.3 is 5.97 Å². The van der Waals surface area contributed by atoms with Crippen LogP contribution in [0.1, 0.15) is 10.4 Å². The normalized spacial score (nSPS) is 11.3. The van der Waals surface area contributed by atoms with Crippen LogP contribution in [0.3, 0.4) is 0 Å². The Morgan fingerprint density at radius 2 is 2.05 bits per heavy atom. The highest BCUT2D eigenvalue weighted by molar-refractivity contribution is 9.10. The van der Waals surface area contributed by atoms with E-state index in [1.165, 1.54) is 18.2 Å². The summed E-state index contributed by atoms with van der Waals surface area (Å²) in [7, 11) is 3.73. The Morgan fingerprint density at radius 1 is 1.36 bits per heavy atom. The van der Waals surface area contributed by atoms with Crippen LogP contribution in [0.15, 0.2) is 59.3 Å². The number of carbonyl (C=O) groups excluding carboxylic acids is 1. The number of hydrogen-bond acceptors (Lipinski definition) is 3. The first-order valence-electron chi connectivity index (χ1n) is 6.37. The fourth-order valence-corrected chi connectivity index (χ4v) is 1.97. The van der Waals surface area contributed by atoms with E-state index >= 15 is 0 Å². The van der Waals surface area contributed by atoms with Crippen LogP contribution >= 0.6 is 15.9 Å². The van der Waals surface area contributed by atoms with Crippen molar-refractivity contribution in [2.45, 2.75) is 0 Å². The molecule has 0 saturated heterocycles. The SMILES string of the molecule is C=C/C(=C\C=C\C(=O)Nc1ccc(Br)cc1C(=O)O)N(C)C. The van der Waals surface area contributed by atoms with Crippen LogP contribution in [0.5, 0.6) is 0 Å². The molecule has 0 aliphatic heterocycles. The molecule has 2 N–H and O–H groups in total. The van der Waals surface area contributed by atoms with Crippen LogP contribution in [0.2, 0.25) is 0 Å². The zero-order chi connectivity index (χ0) is 16.7. The maximum Gasteiger partial charge on any atom is 0.337 e. The van der Waals surface area contributed by atoms with Gasteiger partial charge in [-0.3, -0.25) is 4.79 Å². The third-order valence-electron chi connectivity index (χ3n) is 2.71. The number of nitrogens with one attached hydrogen (secondary N) is 1. The van der Waals surface area contributed by atoms with Gasteiger partial charge in [-0.25, -0.2) is 4.79 Å². The molecule has 0 saturated carbocycles. The largest absolute Gasteiger partial charge is 0.478 e. The van der Waals surface area contributed by atoms with Gasteiger partial charge in [-0.05, 0) is 30.4 Å². The predicted octanol–water partition coefficient (Wildman–Crippen LogP) is 3.27. The van der Waals surface area contributed by atoms with Crippen molar-refractivity contribution < 1.29 is 14.7 Å². The Morgan fingerprint density at radius 3 is 2.59 bits per heavy atom. The van der Waals surface area contributed by atoms with Crippen molar-refractivity contribution in [2.24, 2.45) is 0 Å². The van der Waals surface area contributed by atoms with E-state index in [0.717, 1.165) is 5.70 Å². The highest BCUT2D eigenvalue weighted by Gasteiger charge is 2.11. The Bertz CT molecular complexity index is 649. The summed E-state index contributed by atoms with van der Waals surface area (Å²) in [6.45, 7) is 3.67. The van der Waals surface area contributed by atoms with Gasteiger partial charge in [0.25, 0.3) is 0 Å². The van der Waals surface area contributed by atoms with Gasteiger partial charge in [0.15, 0.2) is 0 Å². The summed E-state index contributed by atoms with van der Waals surface area (Å²) in [5.41, 5.74) is 1.11. The zero-order valence-corrected chi connectivity index (χ0v) is 13.9. The average molecular weight is 365 g/mol. The summed E-state index contributed by atoms with van der Waals surface area (Å²) < 4.78 is 0.628. The molecule has 0 bridgehead atoms. The number of rotatable bonds is 6. The van der Waals surface area contributed by atoms with Gasteiger partial charge in [0, 0.05) is 30.3 Å². The Hall–Kier alpha value is -2.34. The van der Waals surface area contributed by atoms with Crippen LogP contribution in [-0.2, 0) is 4.79 Å². The topological polar surface area (TPSA) is 69.6 Å². The van der Waals surface area contributed by atoms with Crippen LogP contribution in [0.4, 0.5) is 5.69 Å². The minimum absolute atomic E-state index is 0.0201. The Kier molecular flexibility index (Phi) is 6.59. The lowest BCUT2D eigenvalue weighted by atomic mass is 10.2. The molecular formula is C16H17BrN2O3. The quantitative estimate of drug-likeness (QED) is 0.600. The molecule has 5 nitrogen and oxygen atoms in total. The van der Waals surface area contributed by atoms with E-state index in [9.17, 15) is 9.59 Å². The van der Waals surface area contributed by atoms with Gasteiger partial charge in [0.05, 0.1) is 11.3 Å². The number of benzene rings is 1. The summed E-state index contributed by atoms with van der Waals surface area (Å²) in [5, 5.41) is 11.7. The van der Waals surface area contributed by atoms with Gasteiger partial charge < -0.3 is 15.3 Å². The monoisotopic (exact) mass is 364 g/mol. The smallest absolute Gasteiger partial charge is 0.337 e. The minimum Gasteiger partial charge on any atom is -0.478 e. The molecule has 0 radical (unpaired) electrons. The maximum atomic E-state index is 11.8. The van der Waals surface area contributed by atoms with Crippen molar-refractivity contribution in [3.05, 3.63) is 64.8 Å². The molecule has 0 heterocycles. The van der Waals surface area contributed by atoms with Gasteiger partial charge in [0.1, 0.15) is 0 Å². The molecule has 1 aromatic rings. The molecule has 1 rings (SSSR count). The Labute approximate surface area is 137 Å². The van der Waals surface area contributed by atoms with Crippen molar-refractivity contribution in [3.63, 3.8) is 0 Å². The number of carbonyl (C=O) groups is 2. The van der Waals surface area contributed by atoms with Crippen LogP contribution in [0, 0.1) is 0 Å². The van der Waals surface area contributed by atoms with Crippen LogP contribution < -0.4 is 5.32 Å². The number of carboxylic acids is 1. The number of amides is 1. The number of hydrogen-bond donors (Lipinski definition) is 2. The molecule has 0 fully saturated rings. The standard InChI is InChI=1S/C16H17BrN2O3/c1-4-12(19(2)3)6-5-7-15(20)18-14-9-8-11(17)10-13(14)16(21)22/h4-10H,1H2,2-3H3,(H,18,20)(H,21,22)/b7-5+,12-6+. The molecule has 1 aromatic carbocycles. The molecule has 116 valence electrons. The second kappa shape index (κ2) is 8.19. The molecule has 1 amide bonds. The highest BCUT2D eigenvalue weighted by Crippen LogP contribution is 2.21. The second-order valence-electron chi connectivity index (χ2n) is 4.53. The number of likely N-dealkylation sites (N-methyl/N-ethyl adjacent to an activating group) is 1. The number of allylic oxidation sites excluding steroid dienone is 3. The summed E-state index contributed by atoms with van der Waals surface area (Å²) >= 11 is 3.20. The summed E-state index contributed by atoms with van der Waals surface area (Å²) in [5.74, 6) is -1.52. The third kappa shape index (κ3) is 5.21. The lowest BCUT2D eigenvalue weighted by Crippen LogP contribution is -2.12. The van der Waals surface area contributed by atoms with E-state index in [2.05, 4.69) is 27.8 Å². The van der Waals surface area contributed by atoms with Crippen molar-refractivity contribution in [1.82, 2.24) is 4.90 Å². The van der Waals surface area contributed by atoms with E-state index < -0.39 is 11.9 Å². The first-order valence-corrected chi connectivity index (χ1v) is 7.16.